The number of aryl methyl sites for hydroxylation is 1. The zero-order valence-electron chi connectivity index (χ0n) is 16.5. The van der Waals surface area contributed by atoms with Crippen molar-refractivity contribution in [2.75, 3.05) is 5.32 Å². The van der Waals surface area contributed by atoms with E-state index >= 15 is 0 Å². The first-order valence-corrected chi connectivity index (χ1v) is 10.3. The Morgan fingerprint density at radius 1 is 1.16 bits per heavy atom. The summed E-state index contributed by atoms with van der Waals surface area (Å²) in [7, 11) is 0. The van der Waals surface area contributed by atoms with Gasteiger partial charge in [-0.05, 0) is 66.7 Å². The minimum absolute atomic E-state index is 0.0128. The lowest BCUT2D eigenvalue weighted by molar-refractivity contribution is 0.0978. The molecule has 0 fully saturated rings. The van der Waals surface area contributed by atoms with Crippen molar-refractivity contribution in [1.82, 2.24) is 10.3 Å². The van der Waals surface area contributed by atoms with Gasteiger partial charge in [0.15, 0.2) is 10.7 Å². The van der Waals surface area contributed by atoms with Crippen LogP contribution in [0.25, 0.3) is 22.6 Å². The number of phenols is 1. The first-order chi connectivity index (χ1) is 14.9. The molecule has 0 bridgehead atoms. The van der Waals surface area contributed by atoms with Crippen LogP contribution in [-0.4, -0.2) is 21.1 Å². The molecule has 0 spiro atoms. The second-order valence-corrected chi connectivity index (χ2v) is 7.61. The van der Waals surface area contributed by atoms with Crippen LogP contribution in [0.3, 0.4) is 0 Å². The normalized spacial score (nSPS) is 10.8. The van der Waals surface area contributed by atoms with Gasteiger partial charge in [0, 0.05) is 5.69 Å². The number of hydrogen-bond donors (Lipinski definition) is 3. The number of halogens is 1. The van der Waals surface area contributed by atoms with Crippen LogP contribution in [0.2, 0.25) is 5.02 Å². The summed E-state index contributed by atoms with van der Waals surface area (Å²) in [6.45, 7) is 2.07. The highest BCUT2D eigenvalue weighted by molar-refractivity contribution is 7.80. The van der Waals surface area contributed by atoms with E-state index in [2.05, 4.69) is 22.5 Å². The third kappa shape index (κ3) is 4.52. The minimum Gasteiger partial charge on any atom is -0.507 e. The molecule has 31 heavy (non-hydrogen) atoms. The number of phenolic OH excluding ortho intramolecular Hbond substituents is 1. The summed E-state index contributed by atoms with van der Waals surface area (Å²) in [6, 6.07) is 17.3. The number of nitrogens with zero attached hydrogens (tertiary/aromatic N) is 1. The fourth-order valence-corrected chi connectivity index (χ4v) is 3.50. The standard InChI is InChI=1S/C23H18ClN3O3S/c1-2-13-7-10-20-18(11-13)26-22(30-20)16-12-14(8-9-19(16)28)25-23(31)27-21(29)15-5-3-4-6-17(15)24/h3-12,28H,2H2,1H3,(H2,25,27,29,31). The number of carbonyl (C=O) groups is 1. The van der Waals surface area contributed by atoms with E-state index in [-0.39, 0.29) is 16.8 Å². The van der Waals surface area contributed by atoms with Crippen molar-refractivity contribution in [3.05, 3.63) is 76.8 Å². The van der Waals surface area contributed by atoms with E-state index < -0.39 is 5.91 Å². The highest BCUT2D eigenvalue weighted by Crippen LogP contribution is 2.33. The SMILES string of the molecule is CCc1ccc2oc(-c3cc(NC(=S)NC(=O)c4ccccc4Cl)ccc3O)nc2c1. The molecular formula is C23H18ClN3O3S. The number of fused-ring (bicyclic) bond motifs is 1. The number of aromatic hydroxyl groups is 1. The fraction of sp³-hybridized carbons (Fsp3) is 0.0870. The molecule has 0 saturated carbocycles. The number of amides is 1. The van der Waals surface area contributed by atoms with Gasteiger partial charge < -0.3 is 14.8 Å². The van der Waals surface area contributed by atoms with Gasteiger partial charge in [-0.3, -0.25) is 10.1 Å². The monoisotopic (exact) mass is 451 g/mol. The zero-order valence-corrected chi connectivity index (χ0v) is 18.1. The number of thiocarbonyl (C=S) groups is 1. The summed E-state index contributed by atoms with van der Waals surface area (Å²) in [5.74, 6) is -0.123. The van der Waals surface area contributed by atoms with Gasteiger partial charge in [0.2, 0.25) is 5.89 Å². The van der Waals surface area contributed by atoms with Crippen molar-refractivity contribution in [3.63, 3.8) is 0 Å². The van der Waals surface area contributed by atoms with Crippen molar-refractivity contribution < 1.29 is 14.3 Å². The molecular weight excluding hydrogens is 434 g/mol. The Morgan fingerprint density at radius 2 is 1.97 bits per heavy atom. The predicted molar refractivity (Wildman–Crippen MR) is 126 cm³/mol. The van der Waals surface area contributed by atoms with Crippen molar-refractivity contribution >= 4 is 51.6 Å². The van der Waals surface area contributed by atoms with Crippen molar-refractivity contribution in [2.24, 2.45) is 0 Å². The van der Waals surface area contributed by atoms with E-state index in [0.29, 0.717) is 27.4 Å². The summed E-state index contributed by atoms with van der Waals surface area (Å²) in [6.07, 6.45) is 0.889. The Balaban J connectivity index is 1.54. The number of aromatic nitrogens is 1. The van der Waals surface area contributed by atoms with Gasteiger partial charge >= 0.3 is 0 Å². The lowest BCUT2D eigenvalue weighted by Crippen LogP contribution is -2.34. The number of hydrogen-bond acceptors (Lipinski definition) is 5. The Bertz CT molecular complexity index is 1300. The lowest BCUT2D eigenvalue weighted by Gasteiger charge is -2.11. The smallest absolute Gasteiger partial charge is 0.258 e. The van der Waals surface area contributed by atoms with Crippen LogP contribution in [0, 0.1) is 0 Å². The fourth-order valence-electron chi connectivity index (χ4n) is 3.07. The molecule has 156 valence electrons. The maximum absolute atomic E-state index is 12.4. The van der Waals surface area contributed by atoms with E-state index in [1.807, 2.05) is 18.2 Å². The number of carbonyl (C=O) groups excluding carboxylic acids is 1. The van der Waals surface area contributed by atoms with Crippen molar-refractivity contribution in [2.45, 2.75) is 13.3 Å². The number of rotatable bonds is 4. The number of nitrogens with one attached hydrogen (secondary N) is 2. The summed E-state index contributed by atoms with van der Waals surface area (Å²) in [5.41, 5.74) is 3.76. The third-order valence-electron chi connectivity index (χ3n) is 4.69. The predicted octanol–water partition coefficient (Wildman–Crippen LogP) is 5.54. The first-order valence-electron chi connectivity index (χ1n) is 9.54. The van der Waals surface area contributed by atoms with E-state index in [4.69, 9.17) is 28.2 Å². The second-order valence-electron chi connectivity index (χ2n) is 6.79. The van der Waals surface area contributed by atoms with Gasteiger partial charge in [0.1, 0.15) is 11.3 Å². The van der Waals surface area contributed by atoms with Crippen molar-refractivity contribution in [3.8, 4) is 17.2 Å². The van der Waals surface area contributed by atoms with Gasteiger partial charge in [0.25, 0.3) is 5.91 Å². The molecule has 4 rings (SSSR count). The molecule has 3 aromatic carbocycles. The number of anilines is 1. The molecule has 8 heteroatoms. The largest absolute Gasteiger partial charge is 0.507 e. The van der Waals surface area contributed by atoms with Crippen LogP contribution >= 0.6 is 23.8 Å². The van der Waals surface area contributed by atoms with Crippen LogP contribution in [0.15, 0.2) is 65.1 Å². The molecule has 0 atom stereocenters. The average molecular weight is 452 g/mol. The molecule has 0 aliphatic heterocycles. The summed E-state index contributed by atoms with van der Waals surface area (Å²) in [4.78, 5) is 16.9. The summed E-state index contributed by atoms with van der Waals surface area (Å²) >= 11 is 11.3. The summed E-state index contributed by atoms with van der Waals surface area (Å²) in [5, 5.41) is 16.3. The molecule has 1 heterocycles. The van der Waals surface area contributed by atoms with Crippen molar-refractivity contribution in [1.29, 1.82) is 0 Å². The Kier molecular flexibility index (Phi) is 5.88. The van der Waals surface area contributed by atoms with Crippen LogP contribution < -0.4 is 10.6 Å². The van der Waals surface area contributed by atoms with E-state index in [9.17, 15) is 9.90 Å². The highest BCUT2D eigenvalue weighted by Gasteiger charge is 2.15. The van der Waals surface area contributed by atoms with Crippen LogP contribution in [-0.2, 0) is 6.42 Å². The van der Waals surface area contributed by atoms with Crippen LogP contribution in [0.1, 0.15) is 22.8 Å². The number of benzene rings is 3. The molecule has 0 aliphatic carbocycles. The van der Waals surface area contributed by atoms with Gasteiger partial charge in [0.05, 0.1) is 16.1 Å². The van der Waals surface area contributed by atoms with Gasteiger partial charge in [-0.1, -0.05) is 36.7 Å². The third-order valence-corrected chi connectivity index (χ3v) is 5.22. The highest BCUT2D eigenvalue weighted by atomic mass is 35.5. The van der Waals surface area contributed by atoms with Crippen LogP contribution in [0.5, 0.6) is 5.75 Å². The Morgan fingerprint density at radius 3 is 2.74 bits per heavy atom. The minimum atomic E-state index is -0.423. The zero-order chi connectivity index (χ0) is 22.0. The van der Waals surface area contributed by atoms with E-state index in [1.54, 1.807) is 36.4 Å². The maximum atomic E-state index is 12.4. The molecule has 6 nitrogen and oxygen atoms in total. The van der Waals surface area contributed by atoms with E-state index in [1.165, 1.54) is 6.07 Å². The topological polar surface area (TPSA) is 87.4 Å². The molecule has 0 unspecified atom stereocenters. The molecule has 0 aliphatic rings. The first kappa shape index (κ1) is 20.8. The molecule has 0 saturated heterocycles. The molecule has 3 N–H and O–H groups in total. The van der Waals surface area contributed by atoms with E-state index in [0.717, 1.165) is 17.5 Å². The lowest BCUT2D eigenvalue weighted by atomic mass is 10.1. The van der Waals surface area contributed by atoms with Gasteiger partial charge in [-0.25, -0.2) is 4.98 Å². The quantitative estimate of drug-likeness (QED) is 0.279. The average Bonchev–Trinajstić information content (AvgIpc) is 3.18. The maximum Gasteiger partial charge on any atom is 0.258 e. The molecule has 1 amide bonds. The Hall–Kier alpha value is -3.42. The van der Waals surface area contributed by atoms with Crippen LogP contribution in [0.4, 0.5) is 5.69 Å². The van der Waals surface area contributed by atoms with Gasteiger partial charge in [-0.15, -0.1) is 0 Å². The molecule has 0 radical (unpaired) electrons. The number of oxazole rings is 1. The summed E-state index contributed by atoms with van der Waals surface area (Å²) < 4.78 is 5.81. The molecule has 4 aromatic rings. The Labute approximate surface area is 188 Å². The van der Waals surface area contributed by atoms with Gasteiger partial charge in [-0.2, -0.15) is 0 Å². The molecule has 1 aromatic heterocycles. The second kappa shape index (κ2) is 8.75.